The summed E-state index contributed by atoms with van der Waals surface area (Å²) < 4.78 is 16.2. The smallest absolute Gasteiger partial charge is 0.142 e. The summed E-state index contributed by atoms with van der Waals surface area (Å²) in [5.74, 6) is -0.719. The highest BCUT2D eigenvalue weighted by Crippen LogP contribution is 2.40. The van der Waals surface area contributed by atoms with Crippen LogP contribution in [0.2, 0.25) is 10.0 Å². The Morgan fingerprint density at radius 2 is 1.94 bits per heavy atom. The van der Waals surface area contributed by atoms with Gasteiger partial charge in [-0.1, -0.05) is 30.1 Å². The maximum absolute atomic E-state index is 14.1. The maximum Gasteiger partial charge on any atom is 0.142 e. The third-order valence-corrected chi connectivity index (χ3v) is 7.62. The number of pyridine rings is 1. The van der Waals surface area contributed by atoms with Crippen LogP contribution in [0.3, 0.4) is 0 Å². The number of benzene rings is 1. The molecule has 172 valence electrons. The Labute approximate surface area is 201 Å². The number of halogens is 3. The predicted octanol–water partition coefficient (Wildman–Crippen LogP) is 6.81. The third kappa shape index (κ3) is 3.94. The van der Waals surface area contributed by atoms with Gasteiger partial charge < -0.3 is 10.1 Å². The van der Waals surface area contributed by atoms with E-state index in [1.807, 2.05) is 25.5 Å². The van der Waals surface area contributed by atoms with Crippen LogP contribution < -0.4 is 0 Å². The molecule has 1 fully saturated rings. The van der Waals surface area contributed by atoms with E-state index in [-0.39, 0.29) is 17.0 Å². The van der Waals surface area contributed by atoms with Gasteiger partial charge in [0, 0.05) is 45.5 Å². The molecule has 0 saturated heterocycles. The largest absolute Gasteiger partial charge is 0.393 e. The van der Waals surface area contributed by atoms with Gasteiger partial charge in [0.05, 0.1) is 23.4 Å². The minimum absolute atomic E-state index is 0.0446. The first-order chi connectivity index (χ1) is 15.8. The van der Waals surface area contributed by atoms with E-state index in [9.17, 15) is 9.50 Å². The number of hydrogen-bond acceptors (Lipinski definition) is 3. The number of rotatable bonds is 4. The highest BCUT2D eigenvalue weighted by molar-refractivity contribution is 6.36. The zero-order chi connectivity index (χ0) is 23.3. The molecule has 1 atom stereocenters. The van der Waals surface area contributed by atoms with Gasteiger partial charge in [-0.25, -0.2) is 9.37 Å². The molecule has 1 aromatic carbocycles. The van der Waals surface area contributed by atoms with Crippen LogP contribution in [0.1, 0.15) is 61.4 Å². The van der Waals surface area contributed by atoms with E-state index in [0.29, 0.717) is 16.6 Å². The van der Waals surface area contributed by atoms with E-state index in [4.69, 9.17) is 23.2 Å². The summed E-state index contributed by atoms with van der Waals surface area (Å²) in [4.78, 5) is 7.83. The zero-order valence-electron chi connectivity index (χ0n) is 18.4. The fourth-order valence-corrected chi connectivity index (χ4v) is 5.70. The Hall–Kier alpha value is -2.41. The number of fused-ring (bicyclic) bond motifs is 1. The van der Waals surface area contributed by atoms with Crippen molar-refractivity contribution in [2.45, 2.75) is 57.6 Å². The van der Waals surface area contributed by atoms with Crippen molar-refractivity contribution in [3.05, 3.63) is 69.5 Å². The Balaban J connectivity index is 1.53. The van der Waals surface area contributed by atoms with Crippen molar-refractivity contribution < 1.29 is 9.50 Å². The molecule has 0 spiro atoms. The summed E-state index contributed by atoms with van der Waals surface area (Å²) in [6, 6.07) is 5.21. The molecule has 0 amide bonds. The number of aromatic amines is 1. The number of aromatic nitrogens is 4. The molecule has 1 aliphatic carbocycles. The van der Waals surface area contributed by atoms with Crippen molar-refractivity contribution in [3.63, 3.8) is 0 Å². The summed E-state index contributed by atoms with van der Waals surface area (Å²) in [6.45, 7) is 4.03. The summed E-state index contributed by atoms with van der Waals surface area (Å²) in [6.07, 6.45) is 8.88. The molecule has 5 rings (SSSR count). The molecule has 0 bridgehead atoms. The molecular formula is C25H25Cl2FN4O. The predicted molar refractivity (Wildman–Crippen MR) is 130 cm³/mol. The summed E-state index contributed by atoms with van der Waals surface area (Å²) in [5, 5.41) is 15.9. The van der Waals surface area contributed by atoms with Crippen LogP contribution in [-0.4, -0.2) is 31.0 Å². The summed E-state index contributed by atoms with van der Waals surface area (Å²) in [5.41, 5.74) is 5.33. The standard InChI is InChI=1S/C25H25Cl2FN4O/c1-13(23-21(26)7-8-22(28)24(23)27)19-11-30-25-18(19)9-15(10-29-25)20-12-31-32(14(20)2)16-3-5-17(33)6-4-16/h7-13,16-17,33H,3-6H2,1-2H3,(H,29,30)/t13-,16-,17-/m0/s1. The second-order valence-corrected chi connectivity index (χ2v) is 9.68. The number of nitrogens with one attached hydrogen (secondary N) is 1. The van der Waals surface area contributed by atoms with Gasteiger partial charge in [-0.05, 0) is 61.9 Å². The van der Waals surface area contributed by atoms with E-state index >= 15 is 0 Å². The lowest BCUT2D eigenvalue weighted by molar-refractivity contribution is 0.107. The first kappa shape index (κ1) is 22.4. The number of H-pyrrole nitrogens is 1. The van der Waals surface area contributed by atoms with Crippen LogP contribution in [0.25, 0.3) is 22.2 Å². The molecule has 3 aromatic heterocycles. The van der Waals surface area contributed by atoms with E-state index in [1.165, 1.54) is 12.1 Å². The second kappa shape index (κ2) is 8.75. The first-order valence-corrected chi connectivity index (χ1v) is 11.9. The first-order valence-electron chi connectivity index (χ1n) is 11.2. The number of nitrogens with zero attached hydrogens (tertiary/aromatic N) is 3. The van der Waals surface area contributed by atoms with Gasteiger partial charge in [0.2, 0.25) is 0 Å². The fraction of sp³-hybridized carbons (Fsp3) is 0.360. The van der Waals surface area contributed by atoms with Gasteiger partial charge in [0.25, 0.3) is 0 Å². The molecule has 8 heteroatoms. The molecular weight excluding hydrogens is 462 g/mol. The van der Waals surface area contributed by atoms with Gasteiger partial charge in [-0.3, -0.25) is 4.68 Å². The zero-order valence-corrected chi connectivity index (χ0v) is 20.0. The molecule has 0 unspecified atom stereocenters. The van der Waals surface area contributed by atoms with Gasteiger partial charge in [0.1, 0.15) is 11.5 Å². The van der Waals surface area contributed by atoms with Crippen LogP contribution in [0, 0.1) is 12.7 Å². The topological polar surface area (TPSA) is 66.7 Å². The van der Waals surface area contributed by atoms with Crippen molar-refractivity contribution in [2.75, 3.05) is 0 Å². The second-order valence-electron chi connectivity index (χ2n) is 8.89. The molecule has 5 nitrogen and oxygen atoms in total. The highest BCUT2D eigenvalue weighted by Gasteiger charge is 2.25. The number of aliphatic hydroxyl groups excluding tert-OH is 1. The van der Waals surface area contributed by atoms with Crippen molar-refractivity contribution in [3.8, 4) is 11.1 Å². The van der Waals surface area contributed by atoms with Gasteiger partial charge >= 0.3 is 0 Å². The maximum atomic E-state index is 14.1. The van der Waals surface area contributed by atoms with Crippen LogP contribution >= 0.6 is 23.2 Å². The molecule has 0 aliphatic heterocycles. The lowest BCUT2D eigenvalue weighted by atomic mass is 9.92. The molecule has 2 N–H and O–H groups in total. The number of aliphatic hydroxyl groups is 1. The summed E-state index contributed by atoms with van der Waals surface area (Å²) >= 11 is 12.7. The van der Waals surface area contributed by atoms with Crippen molar-refractivity contribution in [1.82, 2.24) is 19.7 Å². The lowest BCUT2D eigenvalue weighted by Gasteiger charge is -2.26. The lowest BCUT2D eigenvalue weighted by Crippen LogP contribution is -2.22. The van der Waals surface area contributed by atoms with E-state index in [2.05, 4.69) is 32.7 Å². The van der Waals surface area contributed by atoms with E-state index in [0.717, 1.165) is 59.1 Å². The van der Waals surface area contributed by atoms with E-state index < -0.39 is 5.82 Å². The fourth-order valence-electron chi connectivity index (χ4n) is 5.00. The minimum atomic E-state index is -0.486. The molecule has 33 heavy (non-hydrogen) atoms. The number of hydrogen-bond donors (Lipinski definition) is 2. The quantitative estimate of drug-likeness (QED) is 0.311. The Morgan fingerprint density at radius 3 is 2.70 bits per heavy atom. The Morgan fingerprint density at radius 1 is 1.18 bits per heavy atom. The van der Waals surface area contributed by atoms with Crippen LogP contribution in [-0.2, 0) is 0 Å². The normalized spacial score (nSPS) is 19.8. The average molecular weight is 487 g/mol. The third-order valence-electron chi connectivity index (χ3n) is 6.91. The Bertz CT molecular complexity index is 1320. The van der Waals surface area contributed by atoms with Crippen LogP contribution in [0.5, 0.6) is 0 Å². The molecule has 4 aromatic rings. The summed E-state index contributed by atoms with van der Waals surface area (Å²) in [7, 11) is 0. The Kier molecular flexibility index (Phi) is 5.93. The molecule has 1 aliphatic rings. The molecule has 0 radical (unpaired) electrons. The van der Waals surface area contributed by atoms with Gasteiger partial charge in [-0.2, -0.15) is 5.10 Å². The van der Waals surface area contributed by atoms with Crippen LogP contribution in [0.4, 0.5) is 4.39 Å². The van der Waals surface area contributed by atoms with Gasteiger partial charge in [-0.15, -0.1) is 0 Å². The van der Waals surface area contributed by atoms with Crippen molar-refractivity contribution >= 4 is 34.2 Å². The average Bonchev–Trinajstić information content (AvgIpc) is 3.40. The molecule has 1 saturated carbocycles. The minimum Gasteiger partial charge on any atom is -0.393 e. The van der Waals surface area contributed by atoms with Crippen LogP contribution in [0.15, 0.2) is 36.8 Å². The highest BCUT2D eigenvalue weighted by atomic mass is 35.5. The van der Waals surface area contributed by atoms with Crippen molar-refractivity contribution in [2.24, 2.45) is 0 Å². The SMILES string of the molecule is Cc1c(-c2cnc3[nH]cc([C@H](C)c4c(Cl)ccc(F)c4Cl)c3c2)cnn1[C@H]1CC[C@H](O)CC1. The van der Waals surface area contributed by atoms with Crippen molar-refractivity contribution in [1.29, 1.82) is 0 Å². The van der Waals surface area contributed by atoms with E-state index in [1.54, 1.807) is 0 Å². The van der Waals surface area contributed by atoms with Gasteiger partial charge in [0.15, 0.2) is 0 Å². The monoisotopic (exact) mass is 486 g/mol. The molecule has 3 heterocycles.